The maximum atomic E-state index is 13.6. The first-order valence-corrected chi connectivity index (χ1v) is 13.2. The van der Waals surface area contributed by atoms with Crippen molar-refractivity contribution < 1.29 is 22.7 Å². The van der Waals surface area contributed by atoms with Crippen LogP contribution in [0, 0.1) is 0 Å². The normalized spacial score (nSPS) is 24.0. The van der Waals surface area contributed by atoms with E-state index in [-0.39, 0.29) is 37.5 Å². The van der Waals surface area contributed by atoms with Gasteiger partial charge >= 0.3 is 0 Å². The molecule has 1 heterocycles. The lowest BCUT2D eigenvalue weighted by atomic mass is 9.92. The van der Waals surface area contributed by atoms with Gasteiger partial charge in [0.25, 0.3) is 0 Å². The van der Waals surface area contributed by atoms with Crippen LogP contribution >= 0.6 is 0 Å². The third kappa shape index (κ3) is 5.81. The summed E-state index contributed by atoms with van der Waals surface area (Å²) >= 11 is 0. The second kappa shape index (κ2) is 10.2. The molecule has 3 rings (SSSR count). The Morgan fingerprint density at radius 1 is 1.12 bits per heavy atom. The number of sulfonamides is 1. The molecule has 0 bridgehead atoms. The molecule has 1 aromatic carbocycles. The highest BCUT2D eigenvalue weighted by Crippen LogP contribution is 2.28. The first-order chi connectivity index (χ1) is 15.1. The standard InChI is InChI=1S/C23H35N3O5S/c1-23(22(28)24-19-9-7-5-4-6-8-10-19)17-25(32(3,29)30)16-21(27)26(23)15-18-11-13-20(31-2)14-12-18/h11-14,19H,4-10,15-17H2,1-3H3,(H,24,28). The molecule has 1 aliphatic heterocycles. The van der Waals surface area contributed by atoms with Gasteiger partial charge in [0.2, 0.25) is 21.8 Å². The number of piperazine rings is 1. The summed E-state index contributed by atoms with van der Waals surface area (Å²) in [6.07, 6.45) is 8.56. The Hall–Kier alpha value is -2.13. The second-order valence-corrected chi connectivity index (χ2v) is 11.1. The van der Waals surface area contributed by atoms with E-state index in [0.29, 0.717) is 5.75 Å². The number of amides is 2. The maximum Gasteiger partial charge on any atom is 0.247 e. The van der Waals surface area contributed by atoms with Crippen molar-refractivity contribution in [2.24, 2.45) is 0 Å². The molecule has 1 aromatic rings. The number of rotatable bonds is 6. The Kier molecular flexibility index (Phi) is 7.82. The molecule has 1 N–H and O–H groups in total. The minimum absolute atomic E-state index is 0.0474. The van der Waals surface area contributed by atoms with Crippen LogP contribution in [-0.4, -0.2) is 67.5 Å². The number of nitrogens with one attached hydrogen (secondary N) is 1. The minimum atomic E-state index is -3.62. The van der Waals surface area contributed by atoms with Crippen molar-refractivity contribution in [3.63, 3.8) is 0 Å². The number of methoxy groups -OCH3 is 1. The van der Waals surface area contributed by atoms with Crippen molar-refractivity contribution in [3.05, 3.63) is 29.8 Å². The van der Waals surface area contributed by atoms with Crippen LogP contribution in [0.3, 0.4) is 0 Å². The lowest BCUT2D eigenvalue weighted by molar-refractivity contribution is -0.154. The molecular weight excluding hydrogens is 430 g/mol. The molecular formula is C23H35N3O5S. The van der Waals surface area contributed by atoms with Crippen LogP contribution in [0.25, 0.3) is 0 Å². The molecule has 0 aromatic heterocycles. The molecule has 2 amide bonds. The molecule has 1 saturated heterocycles. The quantitative estimate of drug-likeness (QED) is 0.695. The molecule has 0 spiro atoms. The van der Waals surface area contributed by atoms with Gasteiger partial charge in [-0.1, -0.05) is 44.2 Å². The first-order valence-electron chi connectivity index (χ1n) is 11.3. The van der Waals surface area contributed by atoms with Crippen molar-refractivity contribution in [2.45, 2.75) is 70.0 Å². The zero-order valence-electron chi connectivity index (χ0n) is 19.3. The lowest BCUT2D eigenvalue weighted by Gasteiger charge is -2.47. The van der Waals surface area contributed by atoms with Crippen LogP contribution in [0.5, 0.6) is 5.75 Å². The van der Waals surface area contributed by atoms with Crippen LogP contribution in [0.1, 0.15) is 57.4 Å². The van der Waals surface area contributed by atoms with Crippen LogP contribution in [0.4, 0.5) is 0 Å². The van der Waals surface area contributed by atoms with Crippen molar-refractivity contribution in [1.82, 2.24) is 14.5 Å². The van der Waals surface area contributed by atoms with Crippen molar-refractivity contribution in [2.75, 3.05) is 26.5 Å². The predicted molar refractivity (Wildman–Crippen MR) is 123 cm³/mol. The topological polar surface area (TPSA) is 96.0 Å². The minimum Gasteiger partial charge on any atom is -0.497 e. The third-order valence-corrected chi connectivity index (χ3v) is 7.79. The van der Waals surface area contributed by atoms with E-state index in [1.54, 1.807) is 26.2 Å². The largest absolute Gasteiger partial charge is 0.497 e. The highest BCUT2D eigenvalue weighted by atomic mass is 32.2. The number of hydrogen-bond acceptors (Lipinski definition) is 5. The van der Waals surface area contributed by atoms with E-state index in [1.165, 1.54) is 11.3 Å². The van der Waals surface area contributed by atoms with Gasteiger partial charge < -0.3 is 15.0 Å². The average molecular weight is 466 g/mol. The lowest BCUT2D eigenvalue weighted by Crippen LogP contribution is -2.69. The van der Waals surface area contributed by atoms with Gasteiger partial charge in [-0.15, -0.1) is 0 Å². The van der Waals surface area contributed by atoms with E-state index < -0.39 is 15.6 Å². The fourth-order valence-electron chi connectivity index (χ4n) is 4.54. The third-order valence-electron chi connectivity index (χ3n) is 6.59. The number of benzene rings is 1. The first kappa shape index (κ1) is 24.5. The molecule has 1 atom stereocenters. The van der Waals surface area contributed by atoms with Gasteiger partial charge in [-0.05, 0) is 37.5 Å². The van der Waals surface area contributed by atoms with Gasteiger partial charge in [0.1, 0.15) is 11.3 Å². The molecule has 8 nitrogen and oxygen atoms in total. The fraction of sp³-hybridized carbons (Fsp3) is 0.652. The van der Waals surface area contributed by atoms with Gasteiger partial charge in [0.05, 0.1) is 19.9 Å². The summed E-state index contributed by atoms with van der Waals surface area (Å²) < 4.78 is 30.8. The fourth-order valence-corrected chi connectivity index (χ4v) is 5.37. The van der Waals surface area contributed by atoms with E-state index in [2.05, 4.69) is 5.32 Å². The molecule has 1 saturated carbocycles. The van der Waals surface area contributed by atoms with Gasteiger partial charge in [-0.25, -0.2) is 8.42 Å². The molecule has 32 heavy (non-hydrogen) atoms. The Bertz CT molecular complexity index is 910. The highest BCUT2D eigenvalue weighted by Gasteiger charge is 2.49. The average Bonchev–Trinajstić information content (AvgIpc) is 2.72. The summed E-state index contributed by atoms with van der Waals surface area (Å²) in [6, 6.07) is 7.35. The van der Waals surface area contributed by atoms with E-state index in [1.807, 2.05) is 12.1 Å². The number of ether oxygens (including phenoxy) is 1. The van der Waals surface area contributed by atoms with Crippen LogP contribution in [-0.2, 0) is 26.2 Å². The summed E-state index contributed by atoms with van der Waals surface area (Å²) in [6.45, 7) is 1.56. The van der Waals surface area contributed by atoms with E-state index in [9.17, 15) is 18.0 Å². The Morgan fingerprint density at radius 3 is 2.28 bits per heavy atom. The summed E-state index contributed by atoms with van der Waals surface area (Å²) in [7, 11) is -2.04. The Balaban J connectivity index is 1.86. The van der Waals surface area contributed by atoms with Crippen LogP contribution in [0.15, 0.2) is 24.3 Å². The van der Waals surface area contributed by atoms with Crippen molar-refractivity contribution >= 4 is 21.8 Å². The molecule has 178 valence electrons. The summed E-state index contributed by atoms with van der Waals surface area (Å²) in [5.41, 5.74) is -0.460. The molecule has 1 aliphatic carbocycles. The summed E-state index contributed by atoms with van der Waals surface area (Å²) in [4.78, 5) is 28.2. The van der Waals surface area contributed by atoms with Crippen molar-refractivity contribution in [1.29, 1.82) is 0 Å². The van der Waals surface area contributed by atoms with Crippen LogP contribution < -0.4 is 10.1 Å². The number of nitrogens with zero attached hydrogens (tertiary/aromatic N) is 2. The van der Waals surface area contributed by atoms with E-state index in [4.69, 9.17) is 4.74 Å². The zero-order chi connectivity index (χ0) is 23.4. The molecule has 0 radical (unpaired) electrons. The SMILES string of the molecule is COc1ccc(CN2C(=O)CN(S(C)(=O)=O)CC2(C)C(=O)NC2CCCCCCC2)cc1. The molecule has 2 fully saturated rings. The number of hydrogen-bond donors (Lipinski definition) is 1. The zero-order valence-corrected chi connectivity index (χ0v) is 20.1. The molecule has 9 heteroatoms. The summed E-state index contributed by atoms with van der Waals surface area (Å²) in [5, 5.41) is 3.15. The maximum absolute atomic E-state index is 13.6. The van der Waals surface area contributed by atoms with Gasteiger partial charge in [0.15, 0.2) is 0 Å². The smallest absolute Gasteiger partial charge is 0.247 e. The van der Waals surface area contributed by atoms with Gasteiger partial charge in [0, 0.05) is 19.1 Å². The number of carbonyl (C=O) groups is 2. The predicted octanol–water partition coefficient (Wildman–Crippen LogP) is 2.29. The van der Waals surface area contributed by atoms with Crippen molar-refractivity contribution in [3.8, 4) is 5.75 Å². The summed E-state index contributed by atoms with van der Waals surface area (Å²) in [5.74, 6) is 0.0258. The van der Waals surface area contributed by atoms with E-state index >= 15 is 0 Å². The Morgan fingerprint density at radius 2 is 1.72 bits per heavy atom. The highest BCUT2D eigenvalue weighted by molar-refractivity contribution is 7.88. The van der Waals surface area contributed by atoms with Crippen LogP contribution in [0.2, 0.25) is 0 Å². The monoisotopic (exact) mass is 465 g/mol. The van der Waals surface area contributed by atoms with E-state index in [0.717, 1.165) is 54.6 Å². The second-order valence-electron chi connectivity index (χ2n) is 9.15. The Labute approximate surface area is 191 Å². The van der Waals surface area contributed by atoms with Gasteiger partial charge in [-0.3, -0.25) is 9.59 Å². The molecule has 1 unspecified atom stereocenters. The van der Waals surface area contributed by atoms with Gasteiger partial charge in [-0.2, -0.15) is 4.31 Å². The molecule has 2 aliphatic rings. The number of carbonyl (C=O) groups excluding carboxylic acids is 2.